The van der Waals surface area contributed by atoms with Crippen molar-refractivity contribution in [1.82, 2.24) is 13.9 Å². The third-order valence-corrected chi connectivity index (χ3v) is 6.88. The van der Waals surface area contributed by atoms with Crippen LogP contribution >= 0.6 is 0 Å². The van der Waals surface area contributed by atoms with Gasteiger partial charge in [-0.3, -0.25) is 4.79 Å². The molecule has 5 rings (SSSR count). The van der Waals surface area contributed by atoms with Crippen LogP contribution in [0.1, 0.15) is 15.9 Å². The Morgan fingerprint density at radius 1 is 1.03 bits per heavy atom. The first-order valence-corrected chi connectivity index (χ1v) is 10.8. The molecule has 0 bridgehead atoms. The molecule has 5 aromatic rings. The largest absolute Gasteiger partial charge is 0.361 e. The van der Waals surface area contributed by atoms with Gasteiger partial charge in [0.05, 0.1) is 4.90 Å². The molecule has 0 aliphatic rings. The third-order valence-electron chi connectivity index (χ3n) is 5.21. The monoisotopic (exact) mass is 415 g/mol. The zero-order chi connectivity index (χ0) is 20.9. The van der Waals surface area contributed by atoms with Crippen molar-refractivity contribution in [1.29, 1.82) is 0 Å². The van der Waals surface area contributed by atoms with Crippen molar-refractivity contribution in [2.24, 2.45) is 0 Å². The number of pyridine rings is 1. The first kappa shape index (κ1) is 18.3. The van der Waals surface area contributed by atoms with Gasteiger partial charge in [-0.05, 0) is 54.3 Å². The van der Waals surface area contributed by atoms with Gasteiger partial charge in [0.1, 0.15) is 0 Å². The lowest BCUT2D eigenvalue weighted by Gasteiger charge is -2.07. The lowest BCUT2D eigenvalue weighted by Crippen LogP contribution is -2.12. The van der Waals surface area contributed by atoms with Crippen LogP contribution in [0, 0.1) is 6.92 Å². The van der Waals surface area contributed by atoms with Crippen molar-refractivity contribution in [2.45, 2.75) is 11.8 Å². The van der Waals surface area contributed by atoms with Gasteiger partial charge in [-0.1, -0.05) is 23.8 Å². The minimum Gasteiger partial charge on any atom is -0.361 e. The van der Waals surface area contributed by atoms with Gasteiger partial charge in [-0.2, -0.15) is 0 Å². The molecule has 7 heteroatoms. The van der Waals surface area contributed by atoms with E-state index in [1.54, 1.807) is 36.5 Å². The summed E-state index contributed by atoms with van der Waals surface area (Å²) in [6.07, 6.45) is 5.52. The zero-order valence-electron chi connectivity index (χ0n) is 16.0. The van der Waals surface area contributed by atoms with Crippen LogP contribution in [0.15, 0.2) is 78.1 Å². The number of aryl methyl sites for hydroxylation is 1. The van der Waals surface area contributed by atoms with Crippen LogP contribution in [0.5, 0.6) is 0 Å². The molecule has 0 saturated heterocycles. The fourth-order valence-corrected chi connectivity index (χ4v) is 4.94. The van der Waals surface area contributed by atoms with E-state index in [0.717, 1.165) is 22.0 Å². The Morgan fingerprint density at radius 3 is 2.60 bits per heavy atom. The Morgan fingerprint density at radius 2 is 1.83 bits per heavy atom. The van der Waals surface area contributed by atoms with E-state index < -0.39 is 10.0 Å². The second kappa shape index (κ2) is 6.67. The average molecular weight is 415 g/mol. The maximum Gasteiger partial charge on any atom is 0.269 e. The second-order valence-electron chi connectivity index (χ2n) is 7.19. The van der Waals surface area contributed by atoms with Gasteiger partial charge >= 0.3 is 0 Å². The van der Waals surface area contributed by atoms with Gasteiger partial charge in [0.25, 0.3) is 10.0 Å². The van der Waals surface area contributed by atoms with E-state index in [-0.39, 0.29) is 10.5 Å². The molecular weight excluding hydrogens is 398 g/mol. The molecular formula is C23H17N3O3S. The normalized spacial score (nSPS) is 11.9. The van der Waals surface area contributed by atoms with E-state index in [9.17, 15) is 13.2 Å². The summed E-state index contributed by atoms with van der Waals surface area (Å²) in [5.74, 6) is 0. The smallest absolute Gasteiger partial charge is 0.269 e. The van der Waals surface area contributed by atoms with Crippen LogP contribution < -0.4 is 0 Å². The highest BCUT2D eigenvalue weighted by atomic mass is 32.2. The highest BCUT2D eigenvalue weighted by molar-refractivity contribution is 7.90. The van der Waals surface area contributed by atoms with E-state index >= 15 is 0 Å². The summed E-state index contributed by atoms with van der Waals surface area (Å²) in [6, 6.07) is 16.2. The van der Waals surface area contributed by atoms with Crippen LogP contribution in [0.25, 0.3) is 33.1 Å². The first-order chi connectivity index (χ1) is 14.5. The lowest BCUT2D eigenvalue weighted by molar-refractivity contribution is 0.112. The maximum atomic E-state index is 13.4. The number of fused-ring (bicyclic) bond motifs is 2. The summed E-state index contributed by atoms with van der Waals surface area (Å²) in [7, 11) is -3.86. The van der Waals surface area contributed by atoms with Gasteiger partial charge in [0.2, 0.25) is 0 Å². The molecule has 0 aliphatic heterocycles. The van der Waals surface area contributed by atoms with E-state index in [1.165, 1.54) is 10.2 Å². The molecule has 0 spiro atoms. The van der Waals surface area contributed by atoms with Gasteiger partial charge in [-0.25, -0.2) is 17.4 Å². The van der Waals surface area contributed by atoms with Crippen molar-refractivity contribution in [3.63, 3.8) is 0 Å². The minimum absolute atomic E-state index is 0.180. The number of hydrogen-bond acceptors (Lipinski definition) is 4. The number of aromatic amines is 1. The molecule has 2 aromatic carbocycles. The number of nitrogens with one attached hydrogen (secondary N) is 1. The molecule has 6 nitrogen and oxygen atoms in total. The molecule has 0 saturated carbocycles. The quantitative estimate of drug-likeness (QED) is 0.437. The van der Waals surface area contributed by atoms with E-state index in [4.69, 9.17) is 0 Å². The molecule has 0 amide bonds. The predicted molar refractivity (Wildman–Crippen MR) is 116 cm³/mol. The molecule has 30 heavy (non-hydrogen) atoms. The summed E-state index contributed by atoms with van der Waals surface area (Å²) in [6.45, 7) is 1.90. The van der Waals surface area contributed by atoms with Crippen molar-refractivity contribution < 1.29 is 13.2 Å². The van der Waals surface area contributed by atoms with Gasteiger partial charge in [-0.15, -0.1) is 0 Å². The molecule has 148 valence electrons. The third kappa shape index (κ3) is 2.83. The second-order valence-corrected chi connectivity index (χ2v) is 9.01. The number of hydrogen-bond donors (Lipinski definition) is 1. The molecule has 0 unspecified atom stereocenters. The van der Waals surface area contributed by atoms with Crippen LogP contribution in [0.4, 0.5) is 0 Å². The van der Waals surface area contributed by atoms with E-state index in [0.29, 0.717) is 22.8 Å². The maximum absolute atomic E-state index is 13.4. The number of carbonyl (C=O) groups is 1. The molecule has 1 N–H and O–H groups in total. The molecule has 3 aromatic heterocycles. The number of rotatable bonds is 4. The van der Waals surface area contributed by atoms with Gasteiger partial charge in [0, 0.05) is 40.6 Å². The molecule has 0 radical (unpaired) electrons. The van der Waals surface area contributed by atoms with E-state index in [2.05, 4.69) is 9.97 Å². The highest BCUT2D eigenvalue weighted by Crippen LogP contribution is 2.34. The topological polar surface area (TPSA) is 84.8 Å². The van der Waals surface area contributed by atoms with Crippen LogP contribution in [-0.2, 0) is 10.0 Å². The number of nitrogens with zero attached hydrogens (tertiary/aromatic N) is 2. The standard InChI is InChI=1S/C23H17N3O3S/c1-15-2-5-19(6-3-15)30(28,29)26-13-21(20-10-16(14-27)12-25-23(20)26)17-4-7-22-18(11-17)8-9-24-22/h2-14,24H,1H3. The number of carbonyl (C=O) groups excluding carboxylic acids is 1. The predicted octanol–water partition coefficient (Wildman–Crippen LogP) is 4.54. The van der Waals surface area contributed by atoms with Gasteiger partial charge < -0.3 is 4.98 Å². The summed E-state index contributed by atoms with van der Waals surface area (Å²) in [4.78, 5) is 19.0. The SMILES string of the molecule is Cc1ccc(S(=O)(=O)n2cc(-c3ccc4[nH]ccc4c3)c3cc(C=O)cnc32)cc1. The Hall–Kier alpha value is -3.71. The van der Waals surface area contributed by atoms with Crippen LogP contribution in [0.2, 0.25) is 0 Å². The Kier molecular flexibility index (Phi) is 4.08. The Labute approximate surface area is 172 Å². The fraction of sp³-hybridized carbons (Fsp3) is 0.0435. The van der Waals surface area contributed by atoms with Crippen molar-refractivity contribution in [3.8, 4) is 11.1 Å². The molecule has 0 atom stereocenters. The summed E-state index contributed by atoms with van der Waals surface area (Å²) in [5.41, 5.74) is 4.17. The van der Waals surface area contributed by atoms with Crippen LogP contribution in [-0.4, -0.2) is 28.6 Å². The highest BCUT2D eigenvalue weighted by Gasteiger charge is 2.23. The van der Waals surface area contributed by atoms with Gasteiger partial charge in [0.15, 0.2) is 11.9 Å². The lowest BCUT2D eigenvalue weighted by atomic mass is 10.0. The number of aromatic nitrogens is 3. The average Bonchev–Trinajstić information content (AvgIpc) is 3.37. The van der Waals surface area contributed by atoms with Crippen molar-refractivity contribution in [3.05, 3.63) is 84.3 Å². The first-order valence-electron chi connectivity index (χ1n) is 9.33. The molecule has 0 fully saturated rings. The van der Waals surface area contributed by atoms with Crippen LogP contribution in [0.3, 0.4) is 0 Å². The Bertz CT molecular complexity index is 1530. The molecule has 0 aliphatic carbocycles. The van der Waals surface area contributed by atoms with E-state index in [1.807, 2.05) is 37.4 Å². The molecule has 3 heterocycles. The number of H-pyrrole nitrogens is 1. The summed E-state index contributed by atoms with van der Waals surface area (Å²) in [5, 5.41) is 1.61. The number of benzene rings is 2. The summed E-state index contributed by atoms with van der Waals surface area (Å²) >= 11 is 0. The summed E-state index contributed by atoms with van der Waals surface area (Å²) < 4.78 is 27.9. The fourth-order valence-electron chi connectivity index (χ4n) is 3.62. The minimum atomic E-state index is -3.86. The van der Waals surface area contributed by atoms with Crippen molar-refractivity contribution in [2.75, 3.05) is 0 Å². The Balaban J connectivity index is 1.79. The zero-order valence-corrected chi connectivity index (χ0v) is 16.8. The van der Waals surface area contributed by atoms with Crippen molar-refractivity contribution >= 4 is 38.2 Å². The number of aldehydes is 1.